The number of amides is 1. The van der Waals surface area contributed by atoms with Gasteiger partial charge in [-0.05, 0) is 37.5 Å². The maximum atomic E-state index is 12.5. The van der Waals surface area contributed by atoms with Crippen LogP contribution in [0.2, 0.25) is 0 Å². The quantitative estimate of drug-likeness (QED) is 0.589. The zero-order chi connectivity index (χ0) is 18.3. The minimum Gasteiger partial charge on any atom is -0.356 e. The number of hydrogen-bond donors (Lipinski definition) is 1. The molecule has 1 aliphatic rings. The van der Waals surface area contributed by atoms with E-state index in [9.17, 15) is 14.4 Å². The van der Waals surface area contributed by atoms with Gasteiger partial charge in [-0.1, -0.05) is 34.6 Å². The fourth-order valence-electron chi connectivity index (χ4n) is 3.21. The van der Waals surface area contributed by atoms with Gasteiger partial charge in [0.15, 0.2) is 0 Å². The third kappa shape index (κ3) is 7.14. The van der Waals surface area contributed by atoms with E-state index in [4.69, 9.17) is 0 Å². The molecule has 1 amide bonds. The van der Waals surface area contributed by atoms with Gasteiger partial charge in [0.05, 0.1) is 0 Å². The topological polar surface area (TPSA) is 63.2 Å². The second-order valence-electron chi connectivity index (χ2n) is 8.14. The molecule has 0 aliphatic heterocycles. The highest BCUT2D eigenvalue weighted by atomic mass is 16.2. The van der Waals surface area contributed by atoms with Gasteiger partial charge in [-0.15, -0.1) is 0 Å². The van der Waals surface area contributed by atoms with Crippen LogP contribution in [-0.2, 0) is 14.4 Å². The van der Waals surface area contributed by atoms with Crippen molar-refractivity contribution >= 4 is 17.5 Å². The summed E-state index contributed by atoms with van der Waals surface area (Å²) in [4.78, 5) is 36.8. The van der Waals surface area contributed by atoms with Crippen LogP contribution in [0.4, 0.5) is 0 Å². The van der Waals surface area contributed by atoms with E-state index in [0.29, 0.717) is 31.2 Å². The van der Waals surface area contributed by atoms with E-state index in [-0.39, 0.29) is 41.6 Å². The van der Waals surface area contributed by atoms with E-state index >= 15 is 0 Å². The molecule has 1 aliphatic carbocycles. The van der Waals surface area contributed by atoms with Gasteiger partial charge in [-0.25, -0.2) is 0 Å². The summed E-state index contributed by atoms with van der Waals surface area (Å²) < 4.78 is 0. The van der Waals surface area contributed by atoms with E-state index in [1.165, 1.54) is 0 Å². The molecule has 0 radical (unpaired) electrons. The number of hydrogen-bond acceptors (Lipinski definition) is 3. The molecule has 1 rings (SSSR count). The summed E-state index contributed by atoms with van der Waals surface area (Å²) in [6.45, 7) is 11.1. The molecular formula is C20H35NO3. The predicted octanol–water partition coefficient (Wildman–Crippen LogP) is 3.78. The van der Waals surface area contributed by atoms with Gasteiger partial charge < -0.3 is 5.32 Å². The normalized spacial score (nSPS) is 21.0. The molecule has 0 saturated heterocycles. The van der Waals surface area contributed by atoms with E-state index < -0.39 is 0 Å². The molecule has 0 aromatic heterocycles. The Bertz CT molecular complexity index is 442. The standard InChI is InChI=1S/C20H35NO3/c1-6-7-18(22)16-12-17(16)19(23)11-15(10-14(4)5)20(24)21-9-8-13(2)3/h13-17H,6-12H2,1-5H3,(H,21,24)/t15-,16+,17+/m1/s1. The van der Waals surface area contributed by atoms with E-state index in [1.54, 1.807) is 0 Å². The van der Waals surface area contributed by atoms with Gasteiger partial charge in [0.25, 0.3) is 0 Å². The first kappa shape index (κ1) is 20.9. The van der Waals surface area contributed by atoms with Crippen molar-refractivity contribution in [2.45, 2.75) is 73.1 Å². The third-order valence-corrected chi connectivity index (χ3v) is 4.71. The molecule has 0 heterocycles. The van der Waals surface area contributed by atoms with Crippen molar-refractivity contribution in [3.8, 4) is 0 Å². The third-order valence-electron chi connectivity index (χ3n) is 4.71. The lowest BCUT2D eigenvalue weighted by Crippen LogP contribution is -2.34. The zero-order valence-electron chi connectivity index (χ0n) is 16.1. The van der Waals surface area contributed by atoms with Crippen LogP contribution in [0.5, 0.6) is 0 Å². The first-order valence-electron chi connectivity index (χ1n) is 9.59. The monoisotopic (exact) mass is 337 g/mol. The average molecular weight is 338 g/mol. The van der Waals surface area contributed by atoms with Crippen molar-refractivity contribution in [2.75, 3.05) is 6.54 Å². The molecule has 0 bridgehead atoms. The number of carbonyl (C=O) groups excluding carboxylic acids is 3. The Kier molecular flexibility index (Phi) is 8.65. The summed E-state index contributed by atoms with van der Waals surface area (Å²) in [5, 5.41) is 2.98. The Balaban J connectivity index is 2.52. The van der Waals surface area contributed by atoms with Crippen LogP contribution in [0.3, 0.4) is 0 Å². The Morgan fingerprint density at radius 3 is 2.17 bits per heavy atom. The van der Waals surface area contributed by atoms with E-state index in [2.05, 4.69) is 33.0 Å². The number of ketones is 2. The first-order chi connectivity index (χ1) is 11.3. The molecule has 4 nitrogen and oxygen atoms in total. The Morgan fingerprint density at radius 1 is 1.00 bits per heavy atom. The molecule has 4 heteroatoms. The first-order valence-corrected chi connectivity index (χ1v) is 9.59. The van der Waals surface area contributed by atoms with Crippen molar-refractivity contribution < 1.29 is 14.4 Å². The molecule has 1 N–H and O–H groups in total. The van der Waals surface area contributed by atoms with Gasteiger partial charge >= 0.3 is 0 Å². The minimum absolute atomic E-state index is 0.00483. The van der Waals surface area contributed by atoms with Crippen LogP contribution in [0, 0.1) is 29.6 Å². The highest BCUT2D eigenvalue weighted by Crippen LogP contribution is 2.42. The van der Waals surface area contributed by atoms with Crippen molar-refractivity contribution in [3.05, 3.63) is 0 Å². The van der Waals surface area contributed by atoms with Gasteiger partial charge in [-0.2, -0.15) is 0 Å². The van der Waals surface area contributed by atoms with E-state index in [1.807, 2.05) is 6.92 Å². The Hall–Kier alpha value is -1.19. The SMILES string of the molecule is CCCC(=O)[C@H]1C[C@@H]1C(=O)C[C@@H](CC(C)C)C(=O)NCCC(C)C. The molecular weight excluding hydrogens is 302 g/mol. The Morgan fingerprint density at radius 2 is 1.62 bits per heavy atom. The molecule has 1 fully saturated rings. The summed E-state index contributed by atoms with van der Waals surface area (Å²) in [6.07, 6.45) is 4.06. The highest BCUT2D eigenvalue weighted by Gasteiger charge is 2.47. The lowest BCUT2D eigenvalue weighted by atomic mass is 9.90. The maximum absolute atomic E-state index is 12.5. The molecule has 0 spiro atoms. The number of Topliss-reactive ketones (excluding diaryl/α,β-unsaturated/α-hetero) is 2. The minimum atomic E-state index is -0.257. The summed E-state index contributed by atoms with van der Waals surface area (Å²) in [6, 6.07) is 0. The fourth-order valence-corrected chi connectivity index (χ4v) is 3.21. The molecule has 3 atom stereocenters. The molecule has 0 aromatic carbocycles. The smallest absolute Gasteiger partial charge is 0.223 e. The predicted molar refractivity (Wildman–Crippen MR) is 96.5 cm³/mol. The number of carbonyl (C=O) groups is 3. The molecule has 24 heavy (non-hydrogen) atoms. The van der Waals surface area contributed by atoms with Crippen LogP contribution in [0.15, 0.2) is 0 Å². The number of rotatable bonds is 12. The lowest BCUT2D eigenvalue weighted by molar-refractivity contribution is -0.131. The summed E-state index contributed by atoms with van der Waals surface area (Å²) >= 11 is 0. The molecule has 0 aromatic rings. The maximum Gasteiger partial charge on any atom is 0.223 e. The Labute approximate surface area is 147 Å². The van der Waals surface area contributed by atoms with Crippen molar-refractivity contribution in [3.63, 3.8) is 0 Å². The summed E-state index contributed by atoms with van der Waals surface area (Å²) in [7, 11) is 0. The zero-order valence-corrected chi connectivity index (χ0v) is 16.1. The average Bonchev–Trinajstić information content (AvgIpc) is 3.26. The van der Waals surface area contributed by atoms with Gasteiger partial charge in [0.2, 0.25) is 5.91 Å². The van der Waals surface area contributed by atoms with Crippen molar-refractivity contribution in [2.24, 2.45) is 29.6 Å². The second-order valence-corrected chi connectivity index (χ2v) is 8.14. The van der Waals surface area contributed by atoms with E-state index in [0.717, 1.165) is 19.3 Å². The fraction of sp³-hybridized carbons (Fsp3) is 0.850. The van der Waals surface area contributed by atoms with Crippen LogP contribution in [0.25, 0.3) is 0 Å². The molecule has 1 saturated carbocycles. The van der Waals surface area contributed by atoms with Gasteiger partial charge in [0, 0.05) is 37.1 Å². The summed E-state index contributed by atoms with van der Waals surface area (Å²) in [5.74, 6) is 0.791. The number of nitrogens with one attached hydrogen (secondary N) is 1. The van der Waals surface area contributed by atoms with Crippen LogP contribution >= 0.6 is 0 Å². The van der Waals surface area contributed by atoms with Crippen LogP contribution < -0.4 is 5.32 Å². The van der Waals surface area contributed by atoms with Gasteiger partial charge in [-0.3, -0.25) is 14.4 Å². The van der Waals surface area contributed by atoms with Crippen molar-refractivity contribution in [1.82, 2.24) is 5.32 Å². The lowest BCUT2D eigenvalue weighted by Gasteiger charge is -2.18. The van der Waals surface area contributed by atoms with Gasteiger partial charge in [0.1, 0.15) is 11.6 Å². The van der Waals surface area contributed by atoms with Crippen molar-refractivity contribution in [1.29, 1.82) is 0 Å². The van der Waals surface area contributed by atoms with Crippen LogP contribution in [0.1, 0.15) is 73.1 Å². The van der Waals surface area contributed by atoms with Crippen LogP contribution in [-0.4, -0.2) is 24.0 Å². The molecule has 138 valence electrons. The molecule has 0 unspecified atom stereocenters. The summed E-state index contributed by atoms with van der Waals surface area (Å²) in [5.41, 5.74) is 0. The largest absolute Gasteiger partial charge is 0.356 e. The second kappa shape index (κ2) is 9.95. The highest BCUT2D eigenvalue weighted by molar-refractivity contribution is 5.96.